The van der Waals surface area contributed by atoms with Crippen molar-refractivity contribution in [2.75, 3.05) is 31.1 Å². The van der Waals surface area contributed by atoms with E-state index >= 15 is 0 Å². The molecular formula is C21H29N3O5. The lowest BCUT2D eigenvalue weighted by atomic mass is 10.1. The Kier molecular flexibility index (Phi) is 9.17. The Balaban J connectivity index is 0.000000321. The largest absolute Gasteiger partial charge is 0.493 e. The van der Waals surface area contributed by atoms with Crippen LogP contribution in [0.5, 0.6) is 5.75 Å². The molecule has 0 spiro atoms. The zero-order valence-electron chi connectivity index (χ0n) is 16.5. The molecule has 0 radical (unpaired) electrons. The van der Waals surface area contributed by atoms with Crippen molar-refractivity contribution in [2.24, 2.45) is 5.73 Å². The minimum Gasteiger partial charge on any atom is -0.493 e. The standard InChI is InChI=1S/C17H23N3O.C4H6O4/c18-9-5-13-21-16-7-4-6-15-14(16)8-10-19-17(15)20-11-2-1-3-12-20;5-3(6)1-2-4(7)8/h4,6-8,10H,1-3,5,9,11-13,18H2;1-2H2,(H,5,6)(H,7,8). The molecule has 8 nitrogen and oxygen atoms in total. The first kappa shape index (κ1) is 22.4. The molecule has 0 saturated carbocycles. The second-order valence-corrected chi connectivity index (χ2v) is 6.81. The third-order valence-corrected chi connectivity index (χ3v) is 4.56. The molecule has 4 N–H and O–H groups in total. The molecule has 1 saturated heterocycles. The molecular weight excluding hydrogens is 374 g/mol. The molecule has 0 aliphatic carbocycles. The van der Waals surface area contributed by atoms with E-state index in [-0.39, 0.29) is 12.8 Å². The van der Waals surface area contributed by atoms with Crippen LogP contribution in [0.1, 0.15) is 38.5 Å². The van der Waals surface area contributed by atoms with Gasteiger partial charge in [0, 0.05) is 30.1 Å². The SMILES string of the molecule is NCCCOc1cccc2c(N3CCCCC3)nccc12.O=C(O)CCC(=O)O. The van der Waals surface area contributed by atoms with Gasteiger partial charge in [-0.25, -0.2) is 4.98 Å². The maximum absolute atomic E-state index is 9.64. The highest BCUT2D eigenvalue weighted by molar-refractivity contribution is 5.96. The molecule has 1 aliphatic rings. The van der Waals surface area contributed by atoms with E-state index in [2.05, 4.69) is 22.0 Å². The van der Waals surface area contributed by atoms with E-state index in [4.69, 9.17) is 20.7 Å². The predicted molar refractivity (Wildman–Crippen MR) is 111 cm³/mol. The minimum atomic E-state index is -1.08. The van der Waals surface area contributed by atoms with Gasteiger partial charge < -0.3 is 25.6 Å². The number of aliphatic carboxylic acids is 2. The quantitative estimate of drug-likeness (QED) is 0.574. The second kappa shape index (κ2) is 11.9. The van der Waals surface area contributed by atoms with Crippen molar-refractivity contribution >= 4 is 28.5 Å². The summed E-state index contributed by atoms with van der Waals surface area (Å²) in [6.07, 6.45) is 6.01. The molecule has 2 aromatic rings. The number of benzene rings is 1. The van der Waals surface area contributed by atoms with Crippen LogP contribution in [0.2, 0.25) is 0 Å². The van der Waals surface area contributed by atoms with E-state index in [0.717, 1.165) is 36.5 Å². The number of nitrogens with two attached hydrogens (primary N) is 1. The van der Waals surface area contributed by atoms with Crippen LogP contribution in [0.15, 0.2) is 30.5 Å². The monoisotopic (exact) mass is 403 g/mol. The highest BCUT2D eigenvalue weighted by atomic mass is 16.5. The number of anilines is 1. The van der Waals surface area contributed by atoms with E-state index in [1.807, 2.05) is 18.3 Å². The van der Waals surface area contributed by atoms with Crippen molar-refractivity contribution < 1.29 is 24.5 Å². The summed E-state index contributed by atoms with van der Waals surface area (Å²) in [5.41, 5.74) is 5.53. The number of hydrogen-bond acceptors (Lipinski definition) is 6. The van der Waals surface area contributed by atoms with E-state index in [1.165, 1.54) is 24.6 Å². The van der Waals surface area contributed by atoms with Gasteiger partial charge in [-0.2, -0.15) is 0 Å². The summed E-state index contributed by atoms with van der Waals surface area (Å²) in [6, 6.07) is 8.26. The summed E-state index contributed by atoms with van der Waals surface area (Å²) in [7, 11) is 0. The Hall–Kier alpha value is -2.87. The highest BCUT2D eigenvalue weighted by Gasteiger charge is 2.15. The second-order valence-electron chi connectivity index (χ2n) is 6.81. The van der Waals surface area contributed by atoms with Gasteiger partial charge in [0.1, 0.15) is 11.6 Å². The number of aromatic nitrogens is 1. The topological polar surface area (TPSA) is 126 Å². The molecule has 8 heteroatoms. The number of carboxylic acids is 2. The third kappa shape index (κ3) is 7.23. The fraction of sp³-hybridized carbons (Fsp3) is 0.476. The van der Waals surface area contributed by atoms with Gasteiger partial charge in [-0.15, -0.1) is 0 Å². The molecule has 1 fully saturated rings. The van der Waals surface area contributed by atoms with Gasteiger partial charge in [-0.05, 0) is 44.4 Å². The molecule has 158 valence electrons. The van der Waals surface area contributed by atoms with Crippen LogP contribution < -0.4 is 15.4 Å². The summed E-state index contributed by atoms with van der Waals surface area (Å²) < 4.78 is 5.88. The Labute approximate surface area is 170 Å². The lowest BCUT2D eigenvalue weighted by molar-refractivity contribution is -0.143. The van der Waals surface area contributed by atoms with Crippen molar-refractivity contribution in [3.05, 3.63) is 30.5 Å². The molecule has 0 amide bonds. The van der Waals surface area contributed by atoms with Gasteiger partial charge in [0.15, 0.2) is 0 Å². The Morgan fingerprint density at radius 2 is 1.72 bits per heavy atom. The molecule has 3 rings (SSSR count). The molecule has 2 heterocycles. The normalized spacial score (nSPS) is 13.5. The van der Waals surface area contributed by atoms with E-state index in [0.29, 0.717) is 13.2 Å². The zero-order chi connectivity index (χ0) is 21.1. The molecule has 1 aliphatic heterocycles. The number of ether oxygens (including phenoxy) is 1. The Morgan fingerprint density at radius 1 is 1.03 bits per heavy atom. The summed E-state index contributed by atoms with van der Waals surface area (Å²) in [5.74, 6) is -0.127. The van der Waals surface area contributed by atoms with Crippen LogP contribution in [-0.4, -0.2) is 53.4 Å². The maximum Gasteiger partial charge on any atom is 0.303 e. The van der Waals surface area contributed by atoms with Gasteiger partial charge in [0.05, 0.1) is 19.4 Å². The molecule has 1 aromatic carbocycles. The lowest BCUT2D eigenvalue weighted by Gasteiger charge is -2.28. The average molecular weight is 403 g/mol. The van der Waals surface area contributed by atoms with Gasteiger partial charge in [0.2, 0.25) is 0 Å². The molecule has 0 atom stereocenters. The van der Waals surface area contributed by atoms with E-state index < -0.39 is 11.9 Å². The average Bonchev–Trinajstić information content (AvgIpc) is 2.73. The number of piperidine rings is 1. The fourth-order valence-electron chi connectivity index (χ4n) is 3.13. The van der Waals surface area contributed by atoms with Crippen molar-refractivity contribution in [3.8, 4) is 5.75 Å². The summed E-state index contributed by atoms with van der Waals surface area (Å²) in [4.78, 5) is 26.3. The smallest absolute Gasteiger partial charge is 0.303 e. The number of carboxylic acid groups (broad SMARTS) is 2. The predicted octanol–water partition coefficient (Wildman–Crippen LogP) is 2.89. The van der Waals surface area contributed by atoms with Crippen LogP contribution in [0.25, 0.3) is 10.8 Å². The lowest BCUT2D eigenvalue weighted by Crippen LogP contribution is -2.30. The maximum atomic E-state index is 9.64. The van der Waals surface area contributed by atoms with Gasteiger partial charge in [-0.3, -0.25) is 9.59 Å². The van der Waals surface area contributed by atoms with Crippen LogP contribution >= 0.6 is 0 Å². The molecule has 0 bridgehead atoms. The first-order valence-electron chi connectivity index (χ1n) is 9.92. The van der Waals surface area contributed by atoms with Gasteiger partial charge in [0.25, 0.3) is 0 Å². The van der Waals surface area contributed by atoms with E-state index in [9.17, 15) is 9.59 Å². The van der Waals surface area contributed by atoms with Crippen molar-refractivity contribution in [3.63, 3.8) is 0 Å². The van der Waals surface area contributed by atoms with Crippen LogP contribution in [-0.2, 0) is 9.59 Å². The third-order valence-electron chi connectivity index (χ3n) is 4.56. The summed E-state index contributed by atoms with van der Waals surface area (Å²) >= 11 is 0. The molecule has 0 unspecified atom stereocenters. The zero-order valence-corrected chi connectivity index (χ0v) is 16.5. The minimum absolute atomic E-state index is 0.296. The van der Waals surface area contributed by atoms with Crippen LogP contribution in [0.3, 0.4) is 0 Å². The Bertz CT molecular complexity index is 792. The number of rotatable bonds is 8. The van der Waals surface area contributed by atoms with Crippen LogP contribution in [0.4, 0.5) is 5.82 Å². The van der Waals surface area contributed by atoms with Gasteiger partial charge in [-0.1, -0.05) is 12.1 Å². The summed E-state index contributed by atoms with van der Waals surface area (Å²) in [5, 5.41) is 18.1. The number of hydrogen-bond donors (Lipinski definition) is 3. The number of pyridine rings is 1. The number of carbonyl (C=O) groups is 2. The number of fused-ring (bicyclic) bond motifs is 1. The van der Waals surface area contributed by atoms with Crippen molar-refractivity contribution in [2.45, 2.75) is 38.5 Å². The Morgan fingerprint density at radius 3 is 2.34 bits per heavy atom. The molecule has 1 aromatic heterocycles. The highest BCUT2D eigenvalue weighted by Crippen LogP contribution is 2.32. The molecule has 29 heavy (non-hydrogen) atoms. The van der Waals surface area contributed by atoms with E-state index in [1.54, 1.807) is 0 Å². The van der Waals surface area contributed by atoms with Crippen LogP contribution in [0, 0.1) is 0 Å². The first-order valence-corrected chi connectivity index (χ1v) is 9.92. The summed E-state index contributed by atoms with van der Waals surface area (Å²) in [6.45, 7) is 3.52. The van der Waals surface area contributed by atoms with Crippen molar-refractivity contribution in [1.82, 2.24) is 4.98 Å². The first-order chi connectivity index (χ1) is 14.0. The number of nitrogens with zero attached hydrogens (tertiary/aromatic N) is 2. The van der Waals surface area contributed by atoms with Gasteiger partial charge >= 0.3 is 11.9 Å². The van der Waals surface area contributed by atoms with Crippen molar-refractivity contribution in [1.29, 1.82) is 0 Å². The fourth-order valence-corrected chi connectivity index (χ4v) is 3.13.